The van der Waals surface area contributed by atoms with Crippen molar-refractivity contribution in [1.82, 2.24) is 4.90 Å². The lowest BCUT2D eigenvalue weighted by molar-refractivity contribution is -0.0657. The SMILES string of the molecule is NC1CCN(CC(c2ccc3ccccc3c2)C2(O)CCC2)CC1. The third kappa shape index (κ3) is 3.08. The molecule has 1 saturated carbocycles. The maximum Gasteiger partial charge on any atom is 0.0728 e. The van der Waals surface area contributed by atoms with E-state index in [1.54, 1.807) is 0 Å². The normalized spacial score (nSPS) is 23.1. The number of piperidine rings is 1. The standard InChI is InChI=1S/C21H28N2O/c22-19-8-12-23(13-9-19)15-20(21(24)10-3-11-21)18-7-6-16-4-1-2-5-17(16)14-18/h1-2,4-7,14,19-20,24H,3,8-13,15,22H2. The molecule has 1 unspecified atom stereocenters. The monoisotopic (exact) mass is 324 g/mol. The number of hydrogen-bond donors (Lipinski definition) is 2. The molecule has 3 heteroatoms. The van der Waals surface area contributed by atoms with Crippen molar-refractivity contribution in [2.24, 2.45) is 5.73 Å². The smallest absolute Gasteiger partial charge is 0.0728 e. The van der Waals surface area contributed by atoms with Gasteiger partial charge in [0.1, 0.15) is 0 Å². The minimum absolute atomic E-state index is 0.199. The number of likely N-dealkylation sites (tertiary alicyclic amines) is 1. The Hall–Kier alpha value is -1.42. The third-order valence-electron chi connectivity index (χ3n) is 6.12. The molecule has 1 aliphatic heterocycles. The molecular weight excluding hydrogens is 296 g/mol. The summed E-state index contributed by atoms with van der Waals surface area (Å²) in [5.41, 5.74) is 6.81. The molecule has 0 radical (unpaired) electrons. The van der Waals surface area contributed by atoms with E-state index in [1.165, 1.54) is 16.3 Å². The van der Waals surface area contributed by atoms with Crippen LogP contribution in [0.15, 0.2) is 42.5 Å². The van der Waals surface area contributed by atoms with E-state index in [0.717, 1.165) is 51.7 Å². The predicted molar refractivity (Wildman–Crippen MR) is 99.1 cm³/mol. The van der Waals surface area contributed by atoms with Gasteiger partial charge < -0.3 is 15.7 Å². The lowest BCUT2D eigenvalue weighted by Gasteiger charge is -2.46. The van der Waals surface area contributed by atoms with Gasteiger partial charge in [-0.05, 0) is 61.5 Å². The zero-order valence-electron chi connectivity index (χ0n) is 14.3. The predicted octanol–water partition coefficient (Wildman–Crippen LogP) is 3.26. The van der Waals surface area contributed by atoms with Crippen LogP contribution < -0.4 is 5.73 Å². The molecule has 1 saturated heterocycles. The van der Waals surface area contributed by atoms with E-state index in [0.29, 0.717) is 6.04 Å². The summed E-state index contributed by atoms with van der Waals surface area (Å²) >= 11 is 0. The number of fused-ring (bicyclic) bond motifs is 1. The molecule has 2 aromatic rings. The van der Waals surface area contributed by atoms with Crippen LogP contribution >= 0.6 is 0 Å². The topological polar surface area (TPSA) is 49.5 Å². The van der Waals surface area contributed by atoms with E-state index in [-0.39, 0.29) is 5.92 Å². The van der Waals surface area contributed by atoms with Crippen molar-refractivity contribution >= 4 is 10.8 Å². The second kappa shape index (κ2) is 6.47. The number of nitrogens with two attached hydrogens (primary N) is 1. The van der Waals surface area contributed by atoms with Gasteiger partial charge >= 0.3 is 0 Å². The van der Waals surface area contributed by atoms with Gasteiger partial charge in [0, 0.05) is 18.5 Å². The second-order valence-electron chi connectivity index (χ2n) is 7.75. The lowest BCUT2D eigenvalue weighted by atomic mass is 9.68. The van der Waals surface area contributed by atoms with Gasteiger partial charge in [-0.3, -0.25) is 0 Å². The van der Waals surface area contributed by atoms with Gasteiger partial charge in [0.15, 0.2) is 0 Å². The van der Waals surface area contributed by atoms with Crippen LogP contribution in [0.2, 0.25) is 0 Å². The van der Waals surface area contributed by atoms with E-state index >= 15 is 0 Å². The first-order valence-corrected chi connectivity index (χ1v) is 9.33. The summed E-state index contributed by atoms with van der Waals surface area (Å²) in [6.45, 7) is 3.06. The highest BCUT2D eigenvalue weighted by molar-refractivity contribution is 5.83. The number of rotatable bonds is 4. The summed E-state index contributed by atoms with van der Waals surface area (Å²) in [5, 5.41) is 13.7. The van der Waals surface area contributed by atoms with Gasteiger partial charge in [-0.25, -0.2) is 0 Å². The summed E-state index contributed by atoms with van der Waals surface area (Å²) in [5.74, 6) is 0.199. The Bertz CT molecular complexity index is 702. The summed E-state index contributed by atoms with van der Waals surface area (Å²) in [6.07, 6.45) is 5.15. The van der Waals surface area contributed by atoms with Gasteiger partial charge in [-0.1, -0.05) is 42.5 Å². The number of aliphatic hydroxyl groups is 1. The highest BCUT2D eigenvalue weighted by Gasteiger charge is 2.43. The van der Waals surface area contributed by atoms with Crippen molar-refractivity contribution in [3.8, 4) is 0 Å². The maximum atomic E-state index is 11.1. The molecule has 0 spiro atoms. The summed E-state index contributed by atoms with van der Waals surface area (Å²) in [7, 11) is 0. The Labute approximate surface area is 144 Å². The zero-order chi connectivity index (χ0) is 16.6. The molecule has 4 rings (SSSR count). The molecule has 1 atom stereocenters. The fraction of sp³-hybridized carbons (Fsp3) is 0.524. The summed E-state index contributed by atoms with van der Waals surface area (Å²) in [4.78, 5) is 2.50. The van der Waals surface area contributed by atoms with Crippen molar-refractivity contribution in [2.45, 2.75) is 49.7 Å². The Morgan fingerprint density at radius 2 is 1.79 bits per heavy atom. The number of nitrogens with zero attached hydrogens (tertiary/aromatic N) is 1. The van der Waals surface area contributed by atoms with Gasteiger partial charge in [-0.2, -0.15) is 0 Å². The average Bonchev–Trinajstić information content (AvgIpc) is 2.59. The highest BCUT2D eigenvalue weighted by atomic mass is 16.3. The number of hydrogen-bond acceptors (Lipinski definition) is 3. The van der Waals surface area contributed by atoms with E-state index in [1.807, 2.05) is 0 Å². The Balaban J connectivity index is 1.61. The molecule has 3 N–H and O–H groups in total. The second-order valence-corrected chi connectivity index (χ2v) is 7.75. The van der Waals surface area contributed by atoms with Gasteiger partial charge in [0.25, 0.3) is 0 Å². The highest BCUT2D eigenvalue weighted by Crippen LogP contribution is 2.44. The first-order valence-electron chi connectivity index (χ1n) is 9.33. The maximum absolute atomic E-state index is 11.1. The number of benzene rings is 2. The van der Waals surface area contributed by atoms with Crippen LogP contribution in [0, 0.1) is 0 Å². The van der Waals surface area contributed by atoms with Crippen molar-refractivity contribution in [2.75, 3.05) is 19.6 Å². The van der Waals surface area contributed by atoms with Gasteiger partial charge in [0.2, 0.25) is 0 Å². The Morgan fingerprint density at radius 3 is 2.46 bits per heavy atom. The summed E-state index contributed by atoms with van der Waals surface area (Å²) in [6, 6.07) is 15.5. The third-order valence-corrected chi connectivity index (χ3v) is 6.12. The summed E-state index contributed by atoms with van der Waals surface area (Å²) < 4.78 is 0. The first-order chi connectivity index (χ1) is 11.6. The van der Waals surface area contributed by atoms with Gasteiger partial charge in [0.05, 0.1) is 5.60 Å². The van der Waals surface area contributed by atoms with Crippen molar-refractivity contribution in [1.29, 1.82) is 0 Å². The van der Waals surface area contributed by atoms with E-state index in [4.69, 9.17) is 5.73 Å². The van der Waals surface area contributed by atoms with Crippen molar-refractivity contribution in [3.05, 3.63) is 48.0 Å². The Kier molecular flexibility index (Phi) is 4.33. The van der Waals surface area contributed by atoms with E-state index in [9.17, 15) is 5.11 Å². The molecule has 2 aliphatic rings. The molecule has 0 amide bonds. The fourth-order valence-corrected chi connectivity index (χ4v) is 4.29. The molecule has 24 heavy (non-hydrogen) atoms. The van der Waals surface area contributed by atoms with Gasteiger partial charge in [-0.15, -0.1) is 0 Å². The van der Waals surface area contributed by atoms with Crippen LogP contribution in [0.5, 0.6) is 0 Å². The molecule has 0 aromatic heterocycles. The van der Waals surface area contributed by atoms with Crippen LogP contribution in [-0.4, -0.2) is 41.3 Å². The van der Waals surface area contributed by atoms with E-state index in [2.05, 4.69) is 47.4 Å². The minimum atomic E-state index is -0.526. The average molecular weight is 324 g/mol. The van der Waals surface area contributed by atoms with Crippen LogP contribution in [0.3, 0.4) is 0 Å². The Morgan fingerprint density at radius 1 is 1.08 bits per heavy atom. The quantitative estimate of drug-likeness (QED) is 0.907. The molecule has 1 aliphatic carbocycles. The zero-order valence-corrected chi connectivity index (χ0v) is 14.3. The molecule has 2 fully saturated rings. The van der Waals surface area contributed by atoms with Crippen molar-refractivity contribution in [3.63, 3.8) is 0 Å². The lowest BCUT2D eigenvalue weighted by Crippen LogP contribution is -2.49. The molecule has 3 nitrogen and oxygen atoms in total. The first kappa shape index (κ1) is 16.1. The largest absolute Gasteiger partial charge is 0.389 e. The molecule has 1 heterocycles. The minimum Gasteiger partial charge on any atom is -0.389 e. The van der Waals surface area contributed by atoms with E-state index < -0.39 is 5.60 Å². The van der Waals surface area contributed by atoms with Crippen molar-refractivity contribution < 1.29 is 5.11 Å². The fourth-order valence-electron chi connectivity index (χ4n) is 4.29. The molecule has 128 valence electrons. The molecule has 0 bridgehead atoms. The molecule has 2 aromatic carbocycles. The van der Waals surface area contributed by atoms with Crippen LogP contribution in [0.4, 0.5) is 0 Å². The van der Waals surface area contributed by atoms with Crippen LogP contribution in [0.25, 0.3) is 10.8 Å². The molecular formula is C21H28N2O. The van der Waals surface area contributed by atoms with Crippen LogP contribution in [-0.2, 0) is 0 Å². The van der Waals surface area contributed by atoms with Crippen LogP contribution in [0.1, 0.15) is 43.6 Å².